The first-order chi connectivity index (χ1) is 15.4. The van der Waals surface area contributed by atoms with Crippen LogP contribution < -0.4 is 10.6 Å². The highest BCUT2D eigenvalue weighted by Crippen LogP contribution is 2.30. The number of nitrogen functional groups attached to an aromatic ring is 1. The van der Waals surface area contributed by atoms with Crippen LogP contribution in [0.2, 0.25) is 0 Å². The Morgan fingerprint density at radius 1 is 1.06 bits per heavy atom. The van der Waals surface area contributed by atoms with Crippen molar-refractivity contribution in [1.29, 1.82) is 0 Å². The van der Waals surface area contributed by atoms with Crippen molar-refractivity contribution in [2.75, 3.05) is 42.6 Å². The molecule has 5 rings (SSSR count). The lowest BCUT2D eigenvalue weighted by atomic mass is 10.1. The number of hydrogen-bond acceptors (Lipinski definition) is 8. The Balaban J connectivity index is 1.40. The van der Waals surface area contributed by atoms with Crippen LogP contribution in [0, 0.1) is 0 Å². The van der Waals surface area contributed by atoms with E-state index in [4.69, 9.17) is 5.73 Å². The summed E-state index contributed by atoms with van der Waals surface area (Å²) in [7, 11) is -3.14. The molecule has 0 aliphatic carbocycles. The quantitative estimate of drug-likeness (QED) is 0.478. The van der Waals surface area contributed by atoms with Crippen molar-refractivity contribution >= 4 is 37.8 Å². The third-order valence-electron chi connectivity index (χ3n) is 5.70. The summed E-state index contributed by atoms with van der Waals surface area (Å²) in [6, 6.07) is 12.2. The van der Waals surface area contributed by atoms with Crippen molar-refractivity contribution in [2.24, 2.45) is 0 Å². The van der Waals surface area contributed by atoms with Gasteiger partial charge in [0.2, 0.25) is 15.2 Å². The van der Waals surface area contributed by atoms with Gasteiger partial charge in [-0.3, -0.25) is 4.40 Å². The Labute approximate surface area is 190 Å². The zero-order valence-corrected chi connectivity index (χ0v) is 19.2. The molecule has 3 aromatic heterocycles. The van der Waals surface area contributed by atoms with Crippen molar-refractivity contribution in [2.45, 2.75) is 6.92 Å². The van der Waals surface area contributed by atoms with Gasteiger partial charge in [0, 0.05) is 55.3 Å². The fourth-order valence-electron chi connectivity index (χ4n) is 3.95. The summed E-state index contributed by atoms with van der Waals surface area (Å²) in [5.41, 5.74) is 10.6. The van der Waals surface area contributed by atoms with Gasteiger partial charge in [0.15, 0.2) is 0 Å². The number of anilines is 2. The second-order valence-corrected chi connectivity index (χ2v) is 10.8. The minimum atomic E-state index is -3.14. The molecule has 1 aromatic carbocycles. The molecule has 1 aliphatic heterocycles. The molecule has 1 fully saturated rings. The van der Waals surface area contributed by atoms with Gasteiger partial charge in [-0.05, 0) is 19.1 Å². The number of aromatic nitrogens is 4. The molecule has 0 radical (unpaired) electrons. The van der Waals surface area contributed by atoms with Crippen LogP contribution in [0.4, 0.5) is 10.8 Å². The molecule has 9 nitrogen and oxygen atoms in total. The average molecular weight is 470 g/mol. The van der Waals surface area contributed by atoms with E-state index >= 15 is 0 Å². The van der Waals surface area contributed by atoms with E-state index in [0.717, 1.165) is 33.2 Å². The number of imidazole rings is 1. The van der Waals surface area contributed by atoms with E-state index < -0.39 is 10.0 Å². The minimum Gasteiger partial charge on any atom is -0.374 e. The lowest BCUT2D eigenvalue weighted by molar-refractivity contribution is 0.385. The van der Waals surface area contributed by atoms with Gasteiger partial charge in [0.05, 0.1) is 17.6 Å². The molecule has 1 aliphatic rings. The maximum atomic E-state index is 12.1. The average Bonchev–Trinajstić information content (AvgIpc) is 3.45. The molecule has 0 amide bonds. The molecule has 166 valence electrons. The van der Waals surface area contributed by atoms with Crippen LogP contribution >= 0.6 is 11.3 Å². The van der Waals surface area contributed by atoms with E-state index in [-0.39, 0.29) is 5.75 Å². The van der Waals surface area contributed by atoms with E-state index in [1.54, 1.807) is 11.2 Å². The molecule has 32 heavy (non-hydrogen) atoms. The number of rotatable bonds is 5. The molecule has 11 heteroatoms. The van der Waals surface area contributed by atoms with Gasteiger partial charge in [-0.2, -0.15) is 4.31 Å². The van der Waals surface area contributed by atoms with Crippen molar-refractivity contribution < 1.29 is 8.42 Å². The molecule has 2 N–H and O–H groups in total. The summed E-state index contributed by atoms with van der Waals surface area (Å²) >= 11 is 1.36. The highest BCUT2D eigenvalue weighted by molar-refractivity contribution is 7.89. The van der Waals surface area contributed by atoms with Gasteiger partial charge in [-0.15, -0.1) is 10.2 Å². The SMILES string of the molecule is CCS(=O)(=O)N1CCN(c2ccn3c(-c4cccc(-c5nnc(N)s5)c4)cnc3c2)CC1. The molecule has 0 bridgehead atoms. The Kier molecular flexibility index (Phi) is 5.31. The summed E-state index contributed by atoms with van der Waals surface area (Å²) in [5, 5.41) is 9.26. The van der Waals surface area contributed by atoms with Gasteiger partial charge in [-0.25, -0.2) is 13.4 Å². The Morgan fingerprint density at radius 3 is 2.56 bits per heavy atom. The van der Waals surface area contributed by atoms with E-state index in [2.05, 4.69) is 36.6 Å². The molecular weight excluding hydrogens is 446 g/mol. The molecule has 0 unspecified atom stereocenters. The Bertz CT molecular complexity index is 1370. The van der Waals surface area contributed by atoms with E-state index in [0.29, 0.717) is 31.3 Å². The number of nitrogens with zero attached hydrogens (tertiary/aromatic N) is 6. The summed E-state index contributed by atoms with van der Waals surface area (Å²) < 4.78 is 27.8. The van der Waals surface area contributed by atoms with Crippen molar-refractivity contribution in [3.63, 3.8) is 0 Å². The van der Waals surface area contributed by atoms with Gasteiger partial charge < -0.3 is 10.6 Å². The van der Waals surface area contributed by atoms with Gasteiger partial charge in [-0.1, -0.05) is 29.5 Å². The number of nitrogens with two attached hydrogens (primary N) is 1. The number of sulfonamides is 1. The monoisotopic (exact) mass is 469 g/mol. The van der Waals surface area contributed by atoms with Crippen LogP contribution in [0.5, 0.6) is 0 Å². The minimum absolute atomic E-state index is 0.142. The van der Waals surface area contributed by atoms with E-state index in [9.17, 15) is 8.42 Å². The number of fused-ring (bicyclic) bond motifs is 1. The zero-order chi connectivity index (χ0) is 22.3. The second-order valence-electron chi connectivity index (χ2n) is 7.57. The highest BCUT2D eigenvalue weighted by atomic mass is 32.2. The van der Waals surface area contributed by atoms with Gasteiger partial charge in [0.25, 0.3) is 0 Å². The first kappa shape index (κ1) is 20.9. The first-order valence-corrected chi connectivity index (χ1v) is 12.8. The van der Waals surface area contributed by atoms with Gasteiger partial charge in [0.1, 0.15) is 10.7 Å². The van der Waals surface area contributed by atoms with Crippen molar-refractivity contribution in [1.82, 2.24) is 23.9 Å². The van der Waals surface area contributed by atoms with E-state index in [1.807, 2.05) is 36.7 Å². The lowest BCUT2D eigenvalue weighted by Crippen LogP contribution is -2.49. The fourth-order valence-corrected chi connectivity index (χ4v) is 5.64. The highest BCUT2D eigenvalue weighted by Gasteiger charge is 2.25. The lowest BCUT2D eigenvalue weighted by Gasteiger charge is -2.35. The smallest absolute Gasteiger partial charge is 0.213 e. The maximum absolute atomic E-state index is 12.1. The molecule has 1 saturated heterocycles. The maximum Gasteiger partial charge on any atom is 0.213 e. The van der Waals surface area contributed by atoms with Crippen LogP contribution in [-0.2, 0) is 10.0 Å². The molecule has 0 spiro atoms. The molecular formula is C21H23N7O2S2. The van der Waals surface area contributed by atoms with Crippen LogP contribution in [-0.4, -0.2) is 64.2 Å². The predicted octanol–water partition coefficient (Wildman–Crippen LogP) is 2.57. The summed E-state index contributed by atoms with van der Waals surface area (Å²) in [5.74, 6) is 0.142. The Morgan fingerprint density at radius 2 is 1.84 bits per heavy atom. The third kappa shape index (κ3) is 3.83. The van der Waals surface area contributed by atoms with Gasteiger partial charge >= 0.3 is 0 Å². The molecule has 4 heterocycles. The standard InChI is InChI=1S/C21H23N7O2S2/c1-2-32(29,30)27-10-8-26(9-11-27)17-6-7-28-18(14-23-19(28)13-17)15-4-3-5-16(12-15)20-24-25-21(22)31-20/h3-7,12-14H,2,8-11H2,1H3,(H2,22,25). The van der Waals surface area contributed by atoms with Crippen LogP contribution in [0.3, 0.4) is 0 Å². The topological polar surface area (TPSA) is 110 Å². The summed E-state index contributed by atoms with van der Waals surface area (Å²) in [6.07, 6.45) is 3.87. The number of benzene rings is 1. The van der Waals surface area contributed by atoms with Crippen molar-refractivity contribution in [3.05, 3.63) is 48.8 Å². The number of piperazine rings is 1. The van der Waals surface area contributed by atoms with Crippen molar-refractivity contribution in [3.8, 4) is 21.8 Å². The largest absolute Gasteiger partial charge is 0.374 e. The fraction of sp³-hybridized carbons (Fsp3) is 0.286. The predicted molar refractivity (Wildman–Crippen MR) is 127 cm³/mol. The number of pyridine rings is 1. The summed E-state index contributed by atoms with van der Waals surface area (Å²) in [6.45, 7) is 4.02. The number of hydrogen-bond donors (Lipinski definition) is 1. The summed E-state index contributed by atoms with van der Waals surface area (Å²) in [4.78, 5) is 6.81. The first-order valence-electron chi connectivity index (χ1n) is 10.3. The zero-order valence-electron chi connectivity index (χ0n) is 17.5. The second kappa shape index (κ2) is 8.15. The molecule has 0 saturated carbocycles. The van der Waals surface area contributed by atoms with Crippen LogP contribution in [0.25, 0.3) is 27.5 Å². The Hall–Kier alpha value is -3.02. The third-order valence-corrected chi connectivity index (χ3v) is 8.39. The normalized spacial score (nSPS) is 15.5. The van der Waals surface area contributed by atoms with Crippen LogP contribution in [0.15, 0.2) is 48.8 Å². The van der Waals surface area contributed by atoms with Crippen LogP contribution in [0.1, 0.15) is 6.92 Å². The van der Waals surface area contributed by atoms with E-state index in [1.165, 1.54) is 11.3 Å². The molecule has 0 atom stereocenters. The molecule has 4 aromatic rings.